The number of carbonyl (C=O) groups excluding carboxylic acids is 1. The Hall–Kier alpha value is -1.90. The molecule has 1 aromatic carbocycles. The molecule has 132 valence electrons. The van der Waals surface area contributed by atoms with E-state index in [0.717, 1.165) is 12.1 Å². The second-order valence-corrected chi connectivity index (χ2v) is 8.23. The number of cyclic esters (lactones) is 1. The third-order valence-corrected chi connectivity index (χ3v) is 5.91. The van der Waals surface area contributed by atoms with Crippen molar-refractivity contribution >= 4 is 27.3 Å². The van der Waals surface area contributed by atoms with Gasteiger partial charge in [0.1, 0.15) is 11.8 Å². The van der Waals surface area contributed by atoms with Crippen LogP contribution in [0.25, 0.3) is 0 Å². The van der Waals surface area contributed by atoms with Crippen LogP contribution in [0.1, 0.15) is 13.3 Å². The quantitative estimate of drug-likeness (QED) is 0.824. The Morgan fingerprint density at radius 3 is 2.29 bits per heavy atom. The minimum Gasteiger partial charge on any atom is -0.444 e. The van der Waals surface area contributed by atoms with E-state index < -0.39 is 27.6 Å². The summed E-state index contributed by atoms with van der Waals surface area (Å²) in [5.41, 5.74) is -0.160. The van der Waals surface area contributed by atoms with Crippen molar-refractivity contribution in [3.63, 3.8) is 0 Å². The van der Waals surface area contributed by atoms with Gasteiger partial charge in [0.15, 0.2) is 21.5 Å². The van der Waals surface area contributed by atoms with Gasteiger partial charge in [0.05, 0.1) is 23.7 Å². The minimum absolute atomic E-state index is 0.0409. The van der Waals surface area contributed by atoms with Gasteiger partial charge in [0, 0.05) is 25.2 Å². The van der Waals surface area contributed by atoms with Crippen LogP contribution in [0.2, 0.25) is 0 Å². The zero-order valence-electron chi connectivity index (χ0n) is 13.2. The molecule has 2 saturated heterocycles. The number of hydrogen-bond acceptors (Lipinski definition) is 5. The minimum atomic E-state index is -3.14. The molecule has 1 aromatic rings. The summed E-state index contributed by atoms with van der Waals surface area (Å²) in [4.78, 5) is 14.4. The Bertz CT molecular complexity index is 732. The van der Waals surface area contributed by atoms with E-state index in [-0.39, 0.29) is 48.6 Å². The van der Waals surface area contributed by atoms with E-state index >= 15 is 0 Å². The molecule has 2 aliphatic heterocycles. The normalized spacial score (nSPS) is 23.5. The lowest BCUT2D eigenvalue weighted by molar-refractivity contribution is 0.139. The lowest BCUT2D eigenvalue weighted by Crippen LogP contribution is -2.41. The average Bonchev–Trinajstić information content (AvgIpc) is 2.89. The fourth-order valence-electron chi connectivity index (χ4n) is 2.89. The van der Waals surface area contributed by atoms with E-state index in [2.05, 4.69) is 0 Å². The van der Waals surface area contributed by atoms with Gasteiger partial charge in [0.2, 0.25) is 0 Å². The molecule has 0 N–H and O–H groups in total. The van der Waals surface area contributed by atoms with E-state index in [1.165, 1.54) is 9.80 Å². The van der Waals surface area contributed by atoms with Gasteiger partial charge < -0.3 is 9.64 Å². The zero-order valence-corrected chi connectivity index (χ0v) is 14.0. The molecule has 2 aliphatic rings. The lowest BCUT2D eigenvalue weighted by Gasteiger charge is -2.29. The van der Waals surface area contributed by atoms with Gasteiger partial charge in [-0.2, -0.15) is 0 Å². The lowest BCUT2D eigenvalue weighted by atomic mass is 10.2. The first-order valence-corrected chi connectivity index (χ1v) is 9.55. The molecule has 0 aromatic heterocycles. The molecule has 0 bridgehead atoms. The molecule has 2 fully saturated rings. The Kier molecular flexibility index (Phi) is 4.37. The number of halogens is 2. The first-order chi connectivity index (χ1) is 11.3. The van der Waals surface area contributed by atoms with Crippen LogP contribution in [0.3, 0.4) is 0 Å². The summed E-state index contributed by atoms with van der Waals surface area (Å²) in [6.07, 6.45) is -0.304. The van der Waals surface area contributed by atoms with Gasteiger partial charge in [-0.05, 0) is 6.42 Å². The third-order valence-electron chi connectivity index (χ3n) is 4.30. The van der Waals surface area contributed by atoms with Gasteiger partial charge in [-0.1, -0.05) is 6.92 Å². The highest BCUT2D eigenvalue weighted by Crippen LogP contribution is 2.32. The van der Waals surface area contributed by atoms with Crippen LogP contribution in [-0.4, -0.2) is 51.8 Å². The molecule has 1 amide bonds. The first-order valence-electron chi connectivity index (χ1n) is 7.73. The Morgan fingerprint density at radius 1 is 1.21 bits per heavy atom. The Balaban J connectivity index is 1.86. The fourth-order valence-corrected chi connectivity index (χ4v) is 4.09. The van der Waals surface area contributed by atoms with Gasteiger partial charge >= 0.3 is 6.09 Å². The van der Waals surface area contributed by atoms with Crippen molar-refractivity contribution in [2.75, 3.05) is 40.9 Å². The van der Waals surface area contributed by atoms with Gasteiger partial charge in [-0.25, -0.2) is 22.0 Å². The predicted octanol–water partition coefficient (Wildman–Crippen LogP) is 1.93. The smallest absolute Gasteiger partial charge is 0.414 e. The number of benzene rings is 1. The summed E-state index contributed by atoms with van der Waals surface area (Å²) in [6, 6.07) is 2.17. The standard InChI is InChI=1S/C15H18F2N2O4S/c1-2-11-9-19(15(20)23-11)10-7-12(16)14(13(17)8-10)18-3-5-24(21,22)6-4-18/h7-8,11H,2-6,9H2,1H3/t11-/m0/s1. The fraction of sp³-hybridized carbons (Fsp3) is 0.533. The van der Waals surface area contributed by atoms with Crippen LogP contribution in [0.4, 0.5) is 25.0 Å². The van der Waals surface area contributed by atoms with Crippen LogP contribution in [0, 0.1) is 11.6 Å². The molecular weight excluding hydrogens is 342 g/mol. The summed E-state index contributed by atoms with van der Waals surface area (Å²) in [5.74, 6) is -1.91. The van der Waals surface area contributed by atoms with E-state index in [1.54, 1.807) is 0 Å². The molecule has 0 spiro atoms. The molecule has 24 heavy (non-hydrogen) atoms. The highest BCUT2D eigenvalue weighted by Gasteiger charge is 2.33. The van der Waals surface area contributed by atoms with E-state index in [1.807, 2.05) is 6.92 Å². The number of ether oxygens (including phenoxy) is 1. The van der Waals surface area contributed by atoms with Crippen LogP contribution >= 0.6 is 0 Å². The third kappa shape index (κ3) is 3.17. The number of sulfone groups is 1. The zero-order chi connectivity index (χ0) is 17.5. The van der Waals surface area contributed by atoms with Crippen molar-refractivity contribution < 1.29 is 26.7 Å². The van der Waals surface area contributed by atoms with Crippen LogP contribution in [-0.2, 0) is 14.6 Å². The van der Waals surface area contributed by atoms with Crippen molar-refractivity contribution in [3.8, 4) is 0 Å². The van der Waals surface area contributed by atoms with Gasteiger partial charge in [0.25, 0.3) is 0 Å². The maximum atomic E-state index is 14.4. The summed E-state index contributed by atoms with van der Waals surface area (Å²) in [7, 11) is -3.14. The number of anilines is 2. The molecule has 3 rings (SSSR count). The molecule has 0 saturated carbocycles. The Labute approximate surface area is 138 Å². The van der Waals surface area contributed by atoms with E-state index in [4.69, 9.17) is 4.74 Å². The number of carbonyl (C=O) groups is 1. The van der Waals surface area contributed by atoms with Crippen LogP contribution < -0.4 is 9.80 Å². The van der Waals surface area contributed by atoms with Gasteiger partial charge in [-0.3, -0.25) is 4.90 Å². The predicted molar refractivity (Wildman–Crippen MR) is 85.1 cm³/mol. The molecule has 0 radical (unpaired) electrons. The first kappa shape index (κ1) is 16.9. The maximum absolute atomic E-state index is 14.4. The number of rotatable bonds is 3. The molecule has 1 atom stereocenters. The van der Waals surface area contributed by atoms with Crippen molar-refractivity contribution in [1.29, 1.82) is 0 Å². The van der Waals surface area contributed by atoms with E-state index in [9.17, 15) is 22.0 Å². The summed E-state index contributed by atoms with van der Waals surface area (Å²) in [6.45, 7) is 2.18. The second kappa shape index (κ2) is 6.19. The van der Waals surface area contributed by atoms with Crippen LogP contribution in [0.15, 0.2) is 12.1 Å². The number of hydrogen-bond donors (Lipinski definition) is 0. The number of nitrogens with zero attached hydrogens (tertiary/aromatic N) is 2. The second-order valence-electron chi connectivity index (χ2n) is 5.92. The van der Waals surface area contributed by atoms with Crippen molar-refractivity contribution in [3.05, 3.63) is 23.8 Å². The molecule has 0 aliphatic carbocycles. The Morgan fingerprint density at radius 2 is 1.79 bits per heavy atom. The number of amides is 1. The van der Waals surface area contributed by atoms with Crippen LogP contribution in [0.5, 0.6) is 0 Å². The van der Waals surface area contributed by atoms with E-state index in [0.29, 0.717) is 6.42 Å². The monoisotopic (exact) mass is 360 g/mol. The highest BCUT2D eigenvalue weighted by molar-refractivity contribution is 7.91. The molecule has 9 heteroatoms. The SMILES string of the molecule is CC[C@H]1CN(c2cc(F)c(N3CCS(=O)(=O)CC3)c(F)c2)C(=O)O1. The summed E-state index contributed by atoms with van der Waals surface area (Å²) in [5, 5.41) is 0. The van der Waals surface area contributed by atoms with Crippen molar-refractivity contribution in [1.82, 2.24) is 0 Å². The van der Waals surface area contributed by atoms with Gasteiger partial charge in [-0.15, -0.1) is 0 Å². The molecule has 6 nitrogen and oxygen atoms in total. The topological polar surface area (TPSA) is 66.9 Å². The molecular formula is C15H18F2N2O4S. The van der Waals surface area contributed by atoms with Crippen molar-refractivity contribution in [2.24, 2.45) is 0 Å². The largest absolute Gasteiger partial charge is 0.444 e. The summed E-state index contributed by atoms with van der Waals surface area (Å²) < 4.78 is 56.9. The average molecular weight is 360 g/mol. The summed E-state index contributed by atoms with van der Waals surface area (Å²) >= 11 is 0. The maximum Gasteiger partial charge on any atom is 0.414 e. The highest BCUT2D eigenvalue weighted by atomic mass is 32.2. The molecule has 0 unspecified atom stereocenters. The molecule has 2 heterocycles. The van der Waals surface area contributed by atoms with Crippen molar-refractivity contribution in [2.45, 2.75) is 19.4 Å².